The molecular weight excluding hydrogens is 471 g/mol. The summed E-state index contributed by atoms with van der Waals surface area (Å²) >= 11 is 0. The fraction of sp³-hybridized carbons (Fsp3) is 0.207. The molecule has 1 aliphatic heterocycles. The Morgan fingerprint density at radius 1 is 1.00 bits per heavy atom. The second kappa shape index (κ2) is 10.3. The number of hydrogen-bond acceptors (Lipinski definition) is 5. The average Bonchev–Trinajstić information content (AvgIpc) is 3.40. The third kappa shape index (κ3) is 4.82. The summed E-state index contributed by atoms with van der Waals surface area (Å²) in [6.45, 7) is 6.39. The second-order valence-electron chi connectivity index (χ2n) is 8.67. The molecule has 0 saturated heterocycles. The van der Waals surface area contributed by atoms with Gasteiger partial charge in [0.15, 0.2) is 0 Å². The topological polar surface area (TPSA) is 80.5 Å². The molecule has 1 unspecified atom stereocenters. The number of aryl methyl sites for hydroxylation is 1. The fourth-order valence-electron chi connectivity index (χ4n) is 4.43. The summed E-state index contributed by atoms with van der Waals surface area (Å²) < 4.78 is 25.0. The number of benzene rings is 3. The maximum atomic E-state index is 13.7. The van der Waals surface area contributed by atoms with Gasteiger partial charge in [-0.3, -0.25) is 4.90 Å². The third-order valence-corrected chi connectivity index (χ3v) is 6.37. The first-order valence-corrected chi connectivity index (χ1v) is 12.2. The lowest BCUT2D eigenvalue weighted by Gasteiger charge is -2.35. The summed E-state index contributed by atoms with van der Waals surface area (Å²) in [5, 5.41) is 7.25. The van der Waals surface area contributed by atoms with E-state index in [1.807, 2.05) is 62.4 Å². The molecule has 0 fully saturated rings. The lowest BCUT2D eigenvalue weighted by molar-refractivity contribution is 0.244. The van der Waals surface area contributed by atoms with E-state index in [2.05, 4.69) is 22.4 Å². The molecule has 4 aromatic rings. The Balaban J connectivity index is 1.60. The zero-order valence-corrected chi connectivity index (χ0v) is 20.9. The van der Waals surface area contributed by atoms with Gasteiger partial charge in [-0.25, -0.2) is 9.18 Å². The largest absolute Gasteiger partial charge is 0.494 e. The Morgan fingerprint density at radius 3 is 2.35 bits per heavy atom. The highest BCUT2D eigenvalue weighted by Crippen LogP contribution is 2.39. The molecule has 0 bridgehead atoms. The number of halogens is 1. The van der Waals surface area contributed by atoms with Crippen LogP contribution in [0.2, 0.25) is 0 Å². The number of ether oxygens (including phenoxy) is 1. The van der Waals surface area contributed by atoms with Crippen LogP contribution in [0.5, 0.6) is 5.75 Å². The van der Waals surface area contributed by atoms with Crippen molar-refractivity contribution in [2.75, 3.05) is 11.5 Å². The van der Waals surface area contributed by atoms with E-state index in [9.17, 15) is 9.18 Å². The molecule has 1 aliphatic rings. The fourth-order valence-corrected chi connectivity index (χ4v) is 4.43. The van der Waals surface area contributed by atoms with Crippen molar-refractivity contribution in [3.8, 4) is 17.1 Å². The normalized spacial score (nSPS) is 15.6. The molecule has 3 aromatic carbocycles. The molecule has 2 amide bonds. The number of carbonyl (C=O) groups is 1. The van der Waals surface area contributed by atoms with E-state index in [4.69, 9.17) is 9.26 Å². The van der Waals surface area contributed by atoms with Gasteiger partial charge in [0.1, 0.15) is 11.6 Å². The molecule has 2 heterocycles. The second-order valence-corrected chi connectivity index (χ2v) is 8.67. The van der Waals surface area contributed by atoms with Gasteiger partial charge in [-0.05, 0) is 67.8 Å². The number of nitrogens with one attached hydrogen (secondary N) is 1. The monoisotopic (exact) mass is 498 g/mol. The van der Waals surface area contributed by atoms with Gasteiger partial charge in [0, 0.05) is 11.3 Å². The molecule has 8 heteroatoms. The molecule has 0 saturated carbocycles. The SMILES string of the molecule is CCOc1ccc(N2C(=O)NC(c3ccc(F)cc3)C(c3nc(-c4ccc(CC)cc4)no3)=C2C)cc1. The van der Waals surface area contributed by atoms with Crippen LogP contribution in [0.4, 0.5) is 14.9 Å². The van der Waals surface area contributed by atoms with Crippen molar-refractivity contribution < 1.29 is 18.4 Å². The Bertz CT molecular complexity index is 1430. The Hall–Kier alpha value is -4.46. The van der Waals surface area contributed by atoms with Gasteiger partial charge >= 0.3 is 6.03 Å². The van der Waals surface area contributed by atoms with Gasteiger partial charge in [-0.2, -0.15) is 4.98 Å². The van der Waals surface area contributed by atoms with E-state index in [-0.39, 0.29) is 17.7 Å². The number of allylic oxidation sites excluding steroid dienone is 1. The summed E-state index contributed by atoms with van der Waals surface area (Å²) in [5.41, 5.74) is 4.64. The molecule has 0 aliphatic carbocycles. The minimum absolute atomic E-state index is 0.275. The highest BCUT2D eigenvalue weighted by Gasteiger charge is 2.36. The highest BCUT2D eigenvalue weighted by molar-refractivity contribution is 6.01. The molecule has 0 spiro atoms. The number of nitrogens with zero attached hydrogens (tertiary/aromatic N) is 3. The first-order chi connectivity index (χ1) is 18.0. The van der Waals surface area contributed by atoms with Gasteiger partial charge in [0.25, 0.3) is 5.89 Å². The van der Waals surface area contributed by atoms with E-state index in [0.29, 0.717) is 40.7 Å². The molecule has 1 aromatic heterocycles. The highest BCUT2D eigenvalue weighted by atomic mass is 19.1. The van der Waals surface area contributed by atoms with Gasteiger partial charge < -0.3 is 14.6 Å². The average molecular weight is 499 g/mol. The van der Waals surface area contributed by atoms with Gasteiger partial charge in [-0.15, -0.1) is 0 Å². The van der Waals surface area contributed by atoms with Crippen LogP contribution in [-0.4, -0.2) is 22.8 Å². The van der Waals surface area contributed by atoms with E-state index >= 15 is 0 Å². The summed E-state index contributed by atoms with van der Waals surface area (Å²) in [6.07, 6.45) is 0.935. The number of carbonyl (C=O) groups excluding carboxylic acids is 1. The first-order valence-electron chi connectivity index (χ1n) is 12.2. The van der Waals surface area contributed by atoms with Crippen molar-refractivity contribution in [2.45, 2.75) is 33.2 Å². The van der Waals surface area contributed by atoms with Crippen molar-refractivity contribution in [1.82, 2.24) is 15.5 Å². The number of rotatable bonds is 7. The van der Waals surface area contributed by atoms with Crippen molar-refractivity contribution in [3.05, 3.63) is 101 Å². The standard InChI is InChI=1S/C29H27FN4O3/c1-4-19-6-8-21(9-7-19)27-32-28(37-33-27)25-18(3)34(23-14-16-24(17-15-23)36-5-2)29(35)31-26(25)20-10-12-22(30)13-11-20/h6-17,26H,4-5H2,1-3H3,(H,31,35). The van der Waals surface area contributed by atoms with Crippen molar-refractivity contribution in [1.29, 1.82) is 0 Å². The first kappa shape index (κ1) is 24.2. The molecule has 1 atom stereocenters. The molecular formula is C29H27FN4O3. The lowest BCUT2D eigenvalue weighted by atomic mass is 9.94. The smallest absolute Gasteiger partial charge is 0.326 e. The number of anilines is 1. The Morgan fingerprint density at radius 2 is 1.70 bits per heavy atom. The van der Waals surface area contributed by atoms with Crippen LogP contribution in [0.15, 0.2) is 83.0 Å². The van der Waals surface area contributed by atoms with Crippen LogP contribution in [-0.2, 0) is 6.42 Å². The molecule has 7 nitrogen and oxygen atoms in total. The van der Waals surface area contributed by atoms with E-state index in [0.717, 1.165) is 12.0 Å². The molecule has 188 valence electrons. The molecule has 5 rings (SSSR count). The zero-order chi connectivity index (χ0) is 25.9. The third-order valence-electron chi connectivity index (χ3n) is 6.37. The minimum atomic E-state index is -0.609. The van der Waals surface area contributed by atoms with Crippen LogP contribution in [0.3, 0.4) is 0 Å². The summed E-state index contributed by atoms with van der Waals surface area (Å²) in [4.78, 5) is 19.6. The van der Waals surface area contributed by atoms with Gasteiger partial charge in [0.05, 0.1) is 23.9 Å². The number of hydrogen-bond donors (Lipinski definition) is 1. The van der Waals surface area contributed by atoms with Crippen LogP contribution in [0.25, 0.3) is 17.0 Å². The van der Waals surface area contributed by atoms with E-state index in [1.165, 1.54) is 17.7 Å². The number of aromatic nitrogens is 2. The lowest BCUT2D eigenvalue weighted by Crippen LogP contribution is -2.46. The van der Waals surface area contributed by atoms with Crippen LogP contribution in [0.1, 0.15) is 43.8 Å². The van der Waals surface area contributed by atoms with Gasteiger partial charge in [-0.1, -0.05) is 48.5 Å². The van der Waals surface area contributed by atoms with E-state index < -0.39 is 6.04 Å². The summed E-state index contributed by atoms with van der Waals surface area (Å²) in [7, 11) is 0. The van der Waals surface area contributed by atoms with Gasteiger partial charge in [0.2, 0.25) is 5.82 Å². The molecule has 0 radical (unpaired) electrons. The van der Waals surface area contributed by atoms with Crippen molar-refractivity contribution in [2.24, 2.45) is 0 Å². The summed E-state index contributed by atoms with van der Waals surface area (Å²) in [6, 6.07) is 20.3. The maximum Gasteiger partial charge on any atom is 0.326 e. The van der Waals surface area contributed by atoms with Crippen molar-refractivity contribution in [3.63, 3.8) is 0 Å². The van der Waals surface area contributed by atoms with Crippen LogP contribution < -0.4 is 15.0 Å². The number of amides is 2. The molecule has 1 N–H and O–H groups in total. The van der Waals surface area contributed by atoms with Crippen LogP contribution >= 0.6 is 0 Å². The number of urea groups is 1. The Kier molecular flexibility index (Phi) is 6.72. The van der Waals surface area contributed by atoms with Crippen molar-refractivity contribution >= 4 is 17.3 Å². The molecule has 37 heavy (non-hydrogen) atoms. The Labute approximate surface area is 214 Å². The predicted molar refractivity (Wildman–Crippen MR) is 139 cm³/mol. The zero-order valence-electron chi connectivity index (χ0n) is 20.9. The quantitative estimate of drug-likeness (QED) is 0.313. The summed E-state index contributed by atoms with van der Waals surface area (Å²) in [5.74, 6) is 1.07. The predicted octanol–water partition coefficient (Wildman–Crippen LogP) is 6.54. The minimum Gasteiger partial charge on any atom is -0.494 e. The van der Waals surface area contributed by atoms with Crippen LogP contribution in [0, 0.1) is 5.82 Å². The maximum absolute atomic E-state index is 13.7. The van der Waals surface area contributed by atoms with E-state index in [1.54, 1.807) is 17.0 Å².